The van der Waals surface area contributed by atoms with Crippen LogP contribution in [0.4, 0.5) is 0 Å². The van der Waals surface area contributed by atoms with Gasteiger partial charge < -0.3 is 0 Å². The van der Waals surface area contributed by atoms with Gasteiger partial charge in [-0.2, -0.15) is 5.10 Å². The van der Waals surface area contributed by atoms with Crippen molar-refractivity contribution in [3.8, 4) is 0 Å². The third kappa shape index (κ3) is 1.15. The topological polar surface area (TPSA) is 30.2 Å². The zero-order valence-corrected chi connectivity index (χ0v) is 7.55. The van der Waals surface area contributed by atoms with Crippen LogP contribution in [0.1, 0.15) is 5.69 Å². The van der Waals surface area contributed by atoms with Gasteiger partial charge in [0.15, 0.2) is 5.65 Å². The van der Waals surface area contributed by atoms with E-state index in [9.17, 15) is 0 Å². The highest BCUT2D eigenvalue weighted by atomic mass is 35.5. The third-order valence-corrected chi connectivity index (χ3v) is 2.05. The number of alkyl halides is 1. The van der Waals surface area contributed by atoms with E-state index in [0.717, 1.165) is 11.3 Å². The number of halogens is 2. The van der Waals surface area contributed by atoms with Crippen LogP contribution in [0.5, 0.6) is 0 Å². The zero-order chi connectivity index (χ0) is 8.55. The highest BCUT2D eigenvalue weighted by molar-refractivity contribution is 6.29. The second kappa shape index (κ2) is 2.92. The van der Waals surface area contributed by atoms with Gasteiger partial charge in [-0.15, -0.1) is 11.6 Å². The number of hydrogen-bond donors (Lipinski definition) is 0. The molecule has 2 aromatic heterocycles. The average Bonchev–Trinajstić information content (AvgIpc) is 2.52. The van der Waals surface area contributed by atoms with E-state index in [4.69, 9.17) is 23.2 Å². The smallest absolute Gasteiger partial charge is 0.156 e. The second-order valence-electron chi connectivity index (χ2n) is 2.31. The number of hydrogen-bond acceptors (Lipinski definition) is 2. The Morgan fingerprint density at radius 1 is 1.50 bits per heavy atom. The van der Waals surface area contributed by atoms with Crippen molar-refractivity contribution in [3.05, 3.63) is 29.2 Å². The second-order valence-corrected chi connectivity index (χ2v) is 2.96. The summed E-state index contributed by atoms with van der Waals surface area (Å²) in [5.74, 6) is 0.363. The van der Waals surface area contributed by atoms with Gasteiger partial charge in [-0.05, 0) is 6.07 Å². The summed E-state index contributed by atoms with van der Waals surface area (Å²) in [6.45, 7) is 0. The van der Waals surface area contributed by atoms with Crippen molar-refractivity contribution in [3.63, 3.8) is 0 Å². The molecule has 0 aromatic carbocycles. The highest BCUT2D eigenvalue weighted by Crippen LogP contribution is 2.13. The Hall–Kier alpha value is -0.800. The van der Waals surface area contributed by atoms with Crippen LogP contribution in [0, 0.1) is 0 Å². The maximum Gasteiger partial charge on any atom is 0.156 e. The largest absolute Gasteiger partial charge is 0.232 e. The van der Waals surface area contributed by atoms with E-state index in [1.165, 1.54) is 0 Å². The fraction of sp³-hybridized carbons (Fsp3) is 0.143. The van der Waals surface area contributed by atoms with Crippen molar-refractivity contribution in [1.82, 2.24) is 14.6 Å². The third-order valence-electron chi connectivity index (χ3n) is 1.51. The molecular weight excluding hydrogens is 197 g/mol. The van der Waals surface area contributed by atoms with Gasteiger partial charge in [0.05, 0.1) is 17.8 Å². The molecule has 0 amide bonds. The minimum atomic E-state index is 0.363. The van der Waals surface area contributed by atoms with E-state index >= 15 is 0 Å². The Morgan fingerprint density at radius 3 is 3.08 bits per heavy atom. The van der Waals surface area contributed by atoms with Crippen LogP contribution in [-0.2, 0) is 5.88 Å². The lowest BCUT2D eigenvalue weighted by atomic mass is 10.4. The lowest BCUT2D eigenvalue weighted by Crippen LogP contribution is -1.94. The highest BCUT2D eigenvalue weighted by Gasteiger charge is 2.02. The summed E-state index contributed by atoms with van der Waals surface area (Å²) in [4.78, 5) is 4.20. The average molecular weight is 202 g/mol. The molecule has 0 atom stereocenters. The molecular formula is C7H5Cl2N3. The van der Waals surface area contributed by atoms with E-state index in [2.05, 4.69) is 10.1 Å². The Labute approximate surface area is 78.9 Å². The standard InChI is InChI=1S/C7H5Cl2N3/c8-4-5-3-6(9)12-7(11-5)1-2-10-12/h1-3H,4H2. The van der Waals surface area contributed by atoms with Crippen LogP contribution < -0.4 is 0 Å². The van der Waals surface area contributed by atoms with Gasteiger partial charge in [0.1, 0.15) is 5.15 Å². The van der Waals surface area contributed by atoms with E-state index < -0.39 is 0 Å². The van der Waals surface area contributed by atoms with Crippen LogP contribution in [-0.4, -0.2) is 14.6 Å². The summed E-state index contributed by atoms with van der Waals surface area (Å²) in [6, 6.07) is 3.48. The Kier molecular flexibility index (Phi) is 1.90. The summed E-state index contributed by atoms with van der Waals surface area (Å²) in [5, 5.41) is 4.50. The maximum absolute atomic E-state index is 5.88. The molecule has 12 heavy (non-hydrogen) atoms. The fourth-order valence-electron chi connectivity index (χ4n) is 0.992. The van der Waals surface area contributed by atoms with Gasteiger partial charge in [0, 0.05) is 6.07 Å². The molecule has 2 rings (SSSR count). The lowest BCUT2D eigenvalue weighted by Gasteiger charge is -1.98. The quantitative estimate of drug-likeness (QED) is 0.523. The van der Waals surface area contributed by atoms with E-state index in [1.807, 2.05) is 0 Å². The first-order valence-electron chi connectivity index (χ1n) is 3.36. The van der Waals surface area contributed by atoms with Crippen LogP contribution in [0.3, 0.4) is 0 Å². The monoisotopic (exact) mass is 201 g/mol. The Balaban J connectivity index is 2.75. The molecule has 0 fully saturated rings. The van der Waals surface area contributed by atoms with Crippen LogP contribution in [0.25, 0.3) is 5.65 Å². The molecule has 0 spiro atoms. The first-order chi connectivity index (χ1) is 5.81. The van der Waals surface area contributed by atoms with Crippen LogP contribution in [0.2, 0.25) is 5.15 Å². The number of aromatic nitrogens is 3. The van der Waals surface area contributed by atoms with Gasteiger partial charge in [0.2, 0.25) is 0 Å². The van der Waals surface area contributed by atoms with Crippen molar-refractivity contribution in [2.24, 2.45) is 0 Å². The molecule has 0 saturated heterocycles. The van der Waals surface area contributed by atoms with Crippen molar-refractivity contribution in [2.75, 3.05) is 0 Å². The SMILES string of the molecule is ClCc1cc(Cl)n2nccc2n1. The van der Waals surface area contributed by atoms with Crippen molar-refractivity contribution < 1.29 is 0 Å². The number of nitrogens with zero attached hydrogens (tertiary/aromatic N) is 3. The van der Waals surface area contributed by atoms with Gasteiger partial charge in [-0.1, -0.05) is 11.6 Å². The van der Waals surface area contributed by atoms with Gasteiger partial charge in [0.25, 0.3) is 0 Å². The number of rotatable bonds is 1. The van der Waals surface area contributed by atoms with Crippen molar-refractivity contribution in [1.29, 1.82) is 0 Å². The predicted molar refractivity (Wildman–Crippen MR) is 47.6 cm³/mol. The first-order valence-corrected chi connectivity index (χ1v) is 4.27. The summed E-state index contributed by atoms with van der Waals surface area (Å²) in [5.41, 5.74) is 1.48. The van der Waals surface area contributed by atoms with Crippen LogP contribution in [0.15, 0.2) is 18.3 Å². The minimum absolute atomic E-state index is 0.363. The molecule has 0 aliphatic rings. The molecule has 0 aliphatic heterocycles. The molecule has 2 heterocycles. The first kappa shape index (κ1) is 7.83. The fourth-order valence-corrected chi connectivity index (χ4v) is 1.39. The molecule has 5 heteroatoms. The minimum Gasteiger partial charge on any atom is -0.232 e. The molecule has 0 saturated carbocycles. The summed E-state index contributed by atoms with van der Waals surface area (Å²) in [6.07, 6.45) is 1.65. The maximum atomic E-state index is 5.88. The molecule has 0 N–H and O–H groups in total. The summed E-state index contributed by atoms with van der Waals surface area (Å²) in [7, 11) is 0. The van der Waals surface area contributed by atoms with Crippen molar-refractivity contribution >= 4 is 28.8 Å². The zero-order valence-electron chi connectivity index (χ0n) is 6.04. The molecule has 0 radical (unpaired) electrons. The van der Waals surface area contributed by atoms with E-state index in [0.29, 0.717) is 11.0 Å². The molecule has 62 valence electrons. The molecule has 0 bridgehead atoms. The lowest BCUT2D eigenvalue weighted by molar-refractivity contribution is 0.928. The Morgan fingerprint density at radius 2 is 2.33 bits per heavy atom. The summed E-state index contributed by atoms with van der Waals surface area (Å²) >= 11 is 11.5. The van der Waals surface area contributed by atoms with Gasteiger partial charge >= 0.3 is 0 Å². The van der Waals surface area contributed by atoms with Crippen molar-refractivity contribution in [2.45, 2.75) is 5.88 Å². The Bertz CT molecular complexity index is 410. The molecule has 2 aromatic rings. The molecule has 3 nitrogen and oxygen atoms in total. The summed E-state index contributed by atoms with van der Waals surface area (Å²) < 4.78 is 1.55. The number of fused-ring (bicyclic) bond motifs is 1. The van der Waals surface area contributed by atoms with E-state index in [1.54, 1.807) is 22.8 Å². The van der Waals surface area contributed by atoms with Crippen LogP contribution >= 0.6 is 23.2 Å². The van der Waals surface area contributed by atoms with Gasteiger partial charge in [-0.25, -0.2) is 9.50 Å². The predicted octanol–water partition coefficient (Wildman–Crippen LogP) is 2.12. The molecule has 0 unspecified atom stereocenters. The van der Waals surface area contributed by atoms with Gasteiger partial charge in [-0.3, -0.25) is 0 Å². The van der Waals surface area contributed by atoms with E-state index in [-0.39, 0.29) is 0 Å². The normalized spacial score (nSPS) is 10.8. The molecule has 0 aliphatic carbocycles.